The highest BCUT2D eigenvalue weighted by Crippen LogP contribution is 2.25. The number of hydrogen-bond donors (Lipinski definition) is 0. The van der Waals surface area contributed by atoms with Crippen molar-refractivity contribution in [2.75, 3.05) is 0 Å². The van der Waals surface area contributed by atoms with Crippen LogP contribution in [0.15, 0.2) is 6.33 Å². The van der Waals surface area contributed by atoms with Gasteiger partial charge in [0.05, 0.1) is 14.6 Å². The van der Waals surface area contributed by atoms with Gasteiger partial charge in [-0.05, 0) is 29.5 Å². The maximum Gasteiger partial charge on any atom is 0.146 e. The monoisotopic (exact) mass is 302 g/mol. The van der Waals surface area contributed by atoms with Crippen molar-refractivity contribution in [3.05, 3.63) is 20.7 Å². The molecule has 0 amide bonds. The normalized spacial score (nSPS) is 13.1. The number of hydrogen-bond acceptors (Lipinski definition) is 2. The highest BCUT2D eigenvalue weighted by atomic mass is 127. The number of alkyl halides is 1. The Bertz CT molecular complexity index is 265. The Morgan fingerprint density at radius 3 is 2.64 bits per heavy atom. The van der Waals surface area contributed by atoms with Gasteiger partial charge in [0, 0.05) is 0 Å². The molecular formula is C6H5Cl2IN2. The van der Waals surface area contributed by atoms with E-state index in [0.29, 0.717) is 5.15 Å². The molecule has 2 nitrogen and oxygen atoms in total. The number of halogens is 3. The van der Waals surface area contributed by atoms with E-state index in [1.165, 1.54) is 6.33 Å². The summed E-state index contributed by atoms with van der Waals surface area (Å²) in [6, 6.07) is 0. The van der Waals surface area contributed by atoms with Crippen LogP contribution in [0.5, 0.6) is 0 Å². The van der Waals surface area contributed by atoms with Gasteiger partial charge in [-0.1, -0.05) is 11.6 Å². The zero-order chi connectivity index (χ0) is 8.43. The van der Waals surface area contributed by atoms with Crippen molar-refractivity contribution in [3.63, 3.8) is 0 Å². The van der Waals surface area contributed by atoms with Crippen LogP contribution in [-0.2, 0) is 0 Å². The third kappa shape index (κ3) is 2.16. The summed E-state index contributed by atoms with van der Waals surface area (Å²) >= 11 is 13.6. The molecule has 5 heteroatoms. The average molecular weight is 303 g/mol. The molecule has 1 heterocycles. The largest absolute Gasteiger partial charge is 0.239 e. The molecule has 11 heavy (non-hydrogen) atoms. The summed E-state index contributed by atoms with van der Waals surface area (Å²) in [4.78, 5) is 7.81. The van der Waals surface area contributed by atoms with E-state index >= 15 is 0 Å². The summed E-state index contributed by atoms with van der Waals surface area (Å²) in [5.41, 5.74) is 0.785. The summed E-state index contributed by atoms with van der Waals surface area (Å²) in [5, 5.41) is 0.338. The van der Waals surface area contributed by atoms with E-state index in [1.807, 2.05) is 6.92 Å². The fraction of sp³-hybridized carbons (Fsp3) is 0.333. The van der Waals surface area contributed by atoms with Gasteiger partial charge in [0.1, 0.15) is 11.5 Å². The lowest BCUT2D eigenvalue weighted by atomic mass is 10.3. The van der Waals surface area contributed by atoms with Crippen molar-refractivity contribution in [3.8, 4) is 0 Å². The average Bonchev–Trinajstić information content (AvgIpc) is 1.94. The highest BCUT2D eigenvalue weighted by Gasteiger charge is 2.10. The fourth-order valence-electron chi connectivity index (χ4n) is 0.638. The lowest BCUT2D eigenvalue weighted by molar-refractivity contribution is 0.952. The second kappa shape index (κ2) is 3.87. The first-order chi connectivity index (χ1) is 5.13. The summed E-state index contributed by atoms with van der Waals surface area (Å²) in [5.74, 6) is 0. The van der Waals surface area contributed by atoms with Gasteiger partial charge in [0.15, 0.2) is 0 Å². The Labute approximate surface area is 88.5 Å². The van der Waals surface area contributed by atoms with E-state index in [2.05, 4.69) is 32.6 Å². The maximum atomic E-state index is 5.83. The zero-order valence-electron chi connectivity index (χ0n) is 5.68. The van der Waals surface area contributed by atoms with Gasteiger partial charge in [-0.2, -0.15) is 0 Å². The lowest BCUT2D eigenvalue weighted by Gasteiger charge is -2.04. The molecule has 1 unspecified atom stereocenters. The minimum absolute atomic E-state index is 0.123. The third-order valence-electron chi connectivity index (χ3n) is 1.15. The lowest BCUT2D eigenvalue weighted by Crippen LogP contribution is -1.96. The first-order valence-electron chi connectivity index (χ1n) is 2.93. The van der Waals surface area contributed by atoms with Crippen LogP contribution in [0.25, 0.3) is 0 Å². The molecule has 0 aliphatic rings. The Morgan fingerprint density at radius 2 is 2.18 bits per heavy atom. The van der Waals surface area contributed by atoms with Crippen LogP contribution in [0.3, 0.4) is 0 Å². The summed E-state index contributed by atoms with van der Waals surface area (Å²) in [6.07, 6.45) is 1.42. The molecule has 60 valence electrons. The van der Waals surface area contributed by atoms with Crippen LogP contribution >= 0.6 is 45.8 Å². The van der Waals surface area contributed by atoms with Gasteiger partial charge < -0.3 is 0 Å². The summed E-state index contributed by atoms with van der Waals surface area (Å²) in [7, 11) is 0. The molecule has 0 aromatic carbocycles. The van der Waals surface area contributed by atoms with Gasteiger partial charge >= 0.3 is 0 Å². The van der Waals surface area contributed by atoms with Crippen LogP contribution in [0.2, 0.25) is 5.15 Å². The molecule has 1 rings (SSSR count). The molecule has 0 bridgehead atoms. The molecule has 0 radical (unpaired) electrons. The topological polar surface area (TPSA) is 25.8 Å². The predicted octanol–water partition coefficient (Wildman–Crippen LogP) is 3.03. The van der Waals surface area contributed by atoms with E-state index in [4.69, 9.17) is 23.2 Å². The third-order valence-corrected chi connectivity index (χ3v) is 3.03. The highest BCUT2D eigenvalue weighted by molar-refractivity contribution is 14.1. The molecule has 1 aromatic rings. The van der Waals surface area contributed by atoms with Crippen molar-refractivity contribution < 1.29 is 0 Å². The van der Waals surface area contributed by atoms with Crippen LogP contribution in [0.1, 0.15) is 18.0 Å². The van der Waals surface area contributed by atoms with Crippen LogP contribution in [-0.4, -0.2) is 9.97 Å². The molecule has 0 saturated carbocycles. The van der Waals surface area contributed by atoms with Crippen LogP contribution < -0.4 is 0 Å². The Kier molecular flexibility index (Phi) is 3.33. The van der Waals surface area contributed by atoms with Gasteiger partial charge in [-0.25, -0.2) is 9.97 Å². The van der Waals surface area contributed by atoms with Crippen molar-refractivity contribution in [2.45, 2.75) is 12.3 Å². The molecule has 0 saturated heterocycles. The zero-order valence-corrected chi connectivity index (χ0v) is 9.35. The fourth-order valence-corrected chi connectivity index (χ4v) is 1.87. The molecule has 0 aliphatic heterocycles. The van der Waals surface area contributed by atoms with Gasteiger partial charge in [-0.3, -0.25) is 0 Å². The van der Waals surface area contributed by atoms with Crippen molar-refractivity contribution in [2.24, 2.45) is 0 Å². The second-order valence-electron chi connectivity index (χ2n) is 1.98. The van der Waals surface area contributed by atoms with Gasteiger partial charge in [0.2, 0.25) is 0 Å². The standard InChI is InChI=1S/C6H5Cl2IN2/c1-3(7)5-4(9)6(8)11-2-10-5/h2-3H,1H3. The molecular weight excluding hydrogens is 298 g/mol. The van der Waals surface area contributed by atoms with E-state index in [-0.39, 0.29) is 5.38 Å². The minimum Gasteiger partial charge on any atom is -0.239 e. The van der Waals surface area contributed by atoms with E-state index in [9.17, 15) is 0 Å². The molecule has 0 N–H and O–H groups in total. The summed E-state index contributed by atoms with van der Waals surface area (Å²) in [6.45, 7) is 1.85. The molecule has 0 fully saturated rings. The van der Waals surface area contributed by atoms with Crippen LogP contribution in [0, 0.1) is 3.57 Å². The predicted molar refractivity (Wildman–Crippen MR) is 54.0 cm³/mol. The number of rotatable bonds is 1. The second-order valence-corrected chi connectivity index (χ2v) is 4.07. The van der Waals surface area contributed by atoms with Gasteiger partial charge in [-0.15, -0.1) is 11.6 Å². The smallest absolute Gasteiger partial charge is 0.146 e. The first-order valence-corrected chi connectivity index (χ1v) is 4.82. The summed E-state index contributed by atoms with van der Waals surface area (Å²) < 4.78 is 0.828. The number of aromatic nitrogens is 2. The molecule has 0 spiro atoms. The Hall–Kier alpha value is 0.390. The SMILES string of the molecule is CC(Cl)c1ncnc(Cl)c1I. The molecule has 1 aromatic heterocycles. The van der Waals surface area contributed by atoms with Crippen molar-refractivity contribution >= 4 is 45.8 Å². The van der Waals surface area contributed by atoms with E-state index in [0.717, 1.165) is 9.26 Å². The maximum absolute atomic E-state index is 5.83. The Balaban J connectivity index is 3.17. The van der Waals surface area contributed by atoms with E-state index < -0.39 is 0 Å². The van der Waals surface area contributed by atoms with Crippen LogP contribution in [0.4, 0.5) is 0 Å². The van der Waals surface area contributed by atoms with Crippen molar-refractivity contribution in [1.82, 2.24) is 9.97 Å². The van der Waals surface area contributed by atoms with Gasteiger partial charge in [0.25, 0.3) is 0 Å². The quantitative estimate of drug-likeness (QED) is 0.453. The molecule has 0 aliphatic carbocycles. The Morgan fingerprint density at radius 1 is 1.55 bits per heavy atom. The molecule has 1 atom stereocenters. The minimum atomic E-state index is -0.123. The van der Waals surface area contributed by atoms with Crippen molar-refractivity contribution in [1.29, 1.82) is 0 Å². The number of nitrogens with zero attached hydrogens (tertiary/aromatic N) is 2. The van der Waals surface area contributed by atoms with E-state index in [1.54, 1.807) is 0 Å². The first kappa shape index (κ1) is 9.48.